The lowest BCUT2D eigenvalue weighted by atomic mass is 10.1. The van der Waals surface area contributed by atoms with Crippen LogP contribution in [0.15, 0.2) is 77.2 Å². The van der Waals surface area contributed by atoms with E-state index in [0.717, 1.165) is 6.07 Å². The molecule has 44 heavy (non-hydrogen) atoms. The summed E-state index contributed by atoms with van der Waals surface area (Å²) in [6.45, 7) is 0.836. The highest BCUT2D eigenvalue weighted by Gasteiger charge is 2.22. The number of carbonyl (C=O) groups excluding carboxylic acids is 2. The van der Waals surface area contributed by atoms with E-state index in [0.29, 0.717) is 42.0 Å². The van der Waals surface area contributed by atoms with Crippen molar-refractivity contribution in [3.05, 3.63) is 99.9 Å². The van der Waals surface area contributed by atoms with E-state index in [9.17, 15) is 23.9 Å². The molecule has 3 aromatic heterocycles. The summed E-state index contributed by atoms with van der Waals surface area (Å²) in [6, 6.07) is 12.9. The van der Waals surface area contributed by atoms with Gasteiger partial charge >= 0.3 is 6.03 Å². The number of pyridine rings is 2. The minimum Gasteiger partial charge on any atom is -0.454 e. The molecule has 14 heteroatoms. The number of nitrogens with zero attached hydrogens (tertiary/aromatic N) is 4. The molecule has 5 aromatic rings. The van der Waals surface area contributed by atoms with Gasteiger partial charge in [0.15, 0.2) is 11.6 Å². The third kappa shape index (κ3) is 6.11. The van der Waals surface area contributed by atoms with Crippen LogP contribution in [-0.4, -0.2) is 55.7 Å². The van der Waals surface area contributed by atoms with Crippen LogP contribution >= 0.6 is 11.3 Å². The maximum absolute atomic E-state index is 15.0. The molecule has 1 fully saturated rings. The Hall–Kier alpha value is -5.21. The fraction of sp³-hybridized carbons (Fsp3) is 0.167. The number of ether oxygens (including phenoxy) is 1. The number of hydrogen-bond acceptors (Lipinski definition) is 8. The van der Waals surface area contributed by atoms with Crippen molar-refractivity contribution in [1.82, 2.24) is 19.4 Å². The van der Waals surface area contributed by atoms with E-state index >= 15 is 4.39 Å². The van der Waals surface area contributed by atoms with Crippen LogP contribution in [0.5, 0.6) is 11.5 Å². The molecule has 6 rings (SSSR count). The predicted molar refractivity (Wildman–Crippen MR) is 160 cm³/mol. The summed E-state index contributed by atoms with van der Waals surface area (Å²) in [7, 11) is 0. The van der Waals surface area contributed by atoms with E-state index in [4.69, 9.17) is 4.74 Å². The SMILES string of the molecule is O=C(Nc1ccc(Oc2ccnc(NC(=O)N3CCC(O)CC3)c2)c(F)c1)c1cc2ncsc2n(-c2ccc(F)cc2)c1=O. The Labute approximate surface area is 252 Å². The highest BCUT2D eigenvalue weighted by Crippen LogP contribution is 2.28. The molecule has 0 radical (unpaired) electrons. The number of amides is 3. The Balaban J connectivity index is 1.17. The first-order valence-electron chi connectivity index (χ1n) is 13.5. The van der Waals surface area contributed by atoms with Crippen LogP contribution in [0, 0.1) is 11.6 Å². The lowest BCUT2D eigenvalue weighted by Gasteiger charge is -2.29. The zero-order valence-electron chi connectivity index (χ0n) is 22.9. The van der Waals surface area contributed by atoms with Crippen LogP contribution < -0.4 is 20.9 Å². The highest BCUT2D eigenvalue weighted by molar-refractivity contribution is 7.16. The minimum atomic E-state index is -0.796. The summed E-state index contributed by atoms with van der Waals surface area (Å²) in [4.78, 5) is 49.4. The lowest BCUT2D eigenvalue weighted by Crippen LogP contribution is -2.42. The van der Waals surface area contributed by atoms with Crippen molar-refractivity contribution in [3.8, 4) is 17.2 Å². The summed E-state index contributed by atoms with van der Waals surface area (Å²) in [5.74, 6) is -1.80. The molecule has 3 N–H and O–H groups in total. The zero-order chi connectivity index (χ0) is 30.8. The van der Waals surface area contributed by atoms with Crippen LogP contribution in [0.25, 0.3) is 16.0 Å². The molecule has 1 aliphatic heterocycles. The van der Waals surface area contributed by atoms with Gasteiger partial charge in [-0.15, -0.1) is 11.3 Å². The molecule has 224 valence electrons. The van der Waals surface area contributed by atoms with E-state index in [-0.39, 0.29) is 34.6 Å². The first kappa shape index (κ1) is 28.9. The summed E-state index contributed by atoms with van der Waals surface area (Å²) >= 11 is 1.19. The Morgan fingerprint density at radius 3 is 2.50 bits per heavy atom. The van der Waals surface area contributed by atoms with Crippen LogP contribution in [-0.2, 0) is 0 Å². The van der Waals surface area contributed by atoms with E-state index in [1.807, 2.05) is 0 Å². The molecule has 2 aromatic carbocycles. The molecule has 3 amide bonds. The van der Waals surface area contributed by atoms with Gasteiger partial charge < -0.3 is 20.1 Å². The number of halogens is 2. The second-order valence-electron chi connectivity index (χ2n) is 9.94. The number of urea groups is 1. The minimum absolute atomic E-state index is 0.0697. The fourth-order valence-corrected chi connectivity index (χ4v) is 5.49. The van der Waals surface area contributed by atoms with Gasteiger partial charge in [0.1, 0.15) is 27.8 Å². The number of rotatable bonds is 6. The summed E-state index contributed by atoms with van der Waals surface area (Å²) in [5.41, 5.74) is 1.46. The predicted octanol–water partition coefficient (Wildman–Crippen LogP) is 5.15. The number of hydrogen-bond donors (Lipinski definition) is 3. The third-order valence-corrected chi connectivity index (χ3v) is 7.78. The van der Waals surface area contributed by atoms with Gasteiger partial charge in [-0.2, -0.15) is 0 Å². The average molecular weight is 619 g/mol. The van der Waals surface area contributed by atoms with Gasteiger partial charge in [-0.25, -0.2) is 23.5 Å². The van der Waals surface area contributed by atoms with E-state index in [1.165, 1.54) is 82.2 Å². The van der Waals surface area contributed by atoms with Crippen LogP contribution in [0.2, 0.25) is 0 Å². The average Bonchev–Trinajstić information content (AvgIpc) is 3.48. The lowest BCUT2D eigenvalue weighted by molar-refractivity contribution is 0.0971. The van der Waals surface area contributed by atoms with Crippen LogP contribution in [0.1, 0.15) is 23.2 Å². The largest absolute Gasteiger partial charge is 0.454 e. The number of piperidine rings is 1. The van der Waals surface area contributed by atoms with E-state index < -0.39 is 29.2 Å². The molecule has 0 bridgehead atoms. The molecule has 4 heterocycles. The molecule has 0 spiro atoms. The van der Waals surface area contributed by atoms with Crippen molar-refractivity contribution in [2.45, 2.75) is 18.9 Å². The monoisotopic (exact) mass is 618 g/mol. The van der Waals surface area contributed by atoms with Gasteiger partial charge in [0.25, 0.3) is 11.5 Å². The van der Waals surface area contributed by atoms with Crippen molar-refractivity contribution < 1.29 is 28.2 Å². The van der Waals surface area contributed by atoms with Crippen LogP contribution in [0.3, 0.4) is 0 Å². The van der Waals surface area contributed by atoms with Crippen molar-refractivity contribution in [2.24, 2.45) is 0 Å². The van der Waals surface area contributed by atoms with Crippen molar-refractivity contribution in [1.29, 1.82) is 0 Å². The fourth-order valence-electron chi connectivity index (χ4n) is 4.70. The molecular formula is C30H24F2N6O5S. The normalized spacial score (nSPS) is 13.6. The molecule has 0 unspecified atom stereocenters. The number of aliphatic hydroxyl groups is 1. The summed E-state index contributed by atoms with van der Waals surface area (Å²) in [6.07, 6.45) is 1.97. The molecule has 1 aliphatic rings. The first-order valence-corrected chi connectivity index (χ1v) is 14.4. The Morgan fingerprint density at radius 2 is 1.75 bits per heavy atom. The van der Waals surface area contributed by atoms with Gasteiger partial charge in [0, 0.05) is 37.1 Å². The van der Waals surface area contributed by atoms with E-state index in [1.54, 1.807) is 4.90 Å². The molecule has 1 saturated heterocycles. The maximum Gasteiger partial charge on any atom is 0.323 e. The Bertz CT molecular complexity index is 1920. The summed E-state index contributed by atoms with van der Waals surface area (Å²) < 4.78 is 35.5. The van der Waals surface area contributed by atoms with Crippen LogP contribution in [0.4, 0.5) is 25.1 Å². The van der Waals surface area contributed by atoms with Crippen molar-refractivity contribution in [2.75, 3.05) is 23.7 Å². The van der Waals surface area contributed by atoms with Gasteiger partial charge in [0.05, 0.1) is 22.8 Å². The van der Waals surface area contributed by atoms with Gasteiger partial charge in [0.2, 0.25) is 0 Å². The Morgan fingerprint density at radius 1 is 0.977 bits per heavy atom. The molecule has 0 saturated carbocycles. The maximum atomic E-state index is 15.0. The zero-order valence-corrected chi connectivity index (χ0v) is 23.7. The first-order chi connectivity index (χ1) is 21.2. The molecule has 0 aliphatic carbocycles. The smallest absolute Gasteiger partial charge is 0.323 e. The topological polar surface area (TPSA) is 139 Å². The number of aromatic nitrogens is 3. The molecule has 11 nitrogen and oxygen atoms in total. The molecular weight excluding hydrogens is 594 g/mol. The third-order valence-electron chi connectivity index (χ3n) is 6.96. The van der Waals surface area contributed by atoms with Gasteiger partial charge in [-0.3, -0.25) is 19.5 Å². The second kappa shape index (κ2) is 12.2. The number of benzene rings is 2. The highest BCUT2D eigenvalue weighted by atomic mass is 32.1. The summed E-state index contributed by atoms with van der Waals surface area (Å²) in [5, 5.41) is 14.8. The second-order valence-corrected chi connectivity index (χ2v) is 10.8. The quantitative estimate of drug-likeness (QED) is 0.239. The number of carbonyl (C=O) groups is 2. The van der Waals surface area contributed by atoms with E-state index in [2.05, 4.69) is 20.6 Å². The van der Waals surface area contributed by atoms with Crippen molar-refractivity contribution in [3.63, 3.8) is 0 Å². The standard InChI is InChI=1S/C30H24F2N6O5S/c31-17-1-4-19(5-2-17)38-28(41)22(15-24-29(38)44-16-34-24)27(40)35-18-3-6-25(23(32)13-18)43-21-7-10-33-26(14-21)36-30(42)37-11-8-20(39)9-12-37/h1-7,10,13-16,20,39H,8-9,11-12H2,(H,35,40)(H,33,36,42). The Kier molecular flexibility index (Phi) is 8.00. The number of anilines is 2. The number of fused-ring (bicyclic) bond motifs is 1. The number of nitrogens with one attached hydrogen (secondary N) is 2. The van der Waals surface area contributed by atoms with Gasteiger partial charge in [-0.05, 0) is 61.4 Å². The molecule has 0 atom stereocenters. The van der Waals surface area contributed by atoms with Crippen molar-refractivity contribution >= 4 is 45.1 Å². The van der Waals surface area contributed by atoms with Gasteiger partial charge in [-0.1, -0.05) is 0 Å². The number of aliphatic hydroxyl groups excluding tert-OH is 1. The number of likely N-dealkylation sites (tertiary alicyclic amines) is 1. The number of thiazole rings is 1.